The third-order valence-electron chi connectivity index (χ3n) is 3.44. The summed E-state index contributed by atoms with van der Waals surface area (Å²) in [6.45, 7) is 3.40. The van der Waals surface area contributed by atoms with Gasteiger partial charge in [0.25, 0.3) is 0 Å². The van der Waals surface area contributed by atoms with Gasteiger partial charge in [0.05, 0.1) is 12.6 Å². The number of nitrogens with two attached hydrogens (primary N) is 1. The highest BCUT2D eigenvalue weighted by atomic mass is 16.5. The normalized spacial score (nSPS) is 16.1. The van der Waals surface area contributed by atoms with Gasteiger partial charge in [0.2, 0.25) is 0 Å². The Balaban J connectivity index is 1.78. The number of rotatable bonds is 5. The van der Waals surface area contributed by atoms with Crippen molar-refractivity contribution < 1.29 is 9.47 Å². The lowest BCUT2D eigenvalue weighted by Gasteiger charge is -2.15. The van der Waals surface area contributed by atoms with Gasteiger partial charge in [-0.1, -0.05) is 25.1 Å². The average Bonchev–Trinajstić information content (AvgIpc) is 2.88. The van der Waals surface area contributed by atoms with E-state index in [4.69, 9.17) is 15.2 Å². The minimum absolute atomic E-state index is 0.141. The standard InChI is InChI=1S/C17H20N2O2/c1-2-7-20-14-9-12(18)8-13(10-14)19-16-11-21-17-6-4-3-5-15(16)17/h3-6,8-10,16,19H,2,7,11,18H2,1H3. The molecule has 0 aliphatic carbocycles. The number of benzene rings is 2. The highest BCUT2D eigenvalue weighted by Crippen LogP contribution is 2.35. The lowest BCUT2D eigenvalue weighted by Crippen LogP contribution is -2.12. The Morgan fingerprint density at radius 3 is 3.00 bits per heavy atom. The van der Waals surface area contributed by atoms with Crippen molar-refractivity contribution in [3.8, 4) is 11.5 Å². The van der Waals surface area contributed by atoms with E-state index < -0.39 is 0 Å². The molecule has 21 heavy (non-hydrogen) atoms. The monoisotopic (exact) mass is 284 g/mol. The van der Waals surface area contributed by atoms with E-state index in [1.165, 1.54) is 5.56 Å². The van der Waals surface area contributed by atoms with E-state index in [0.717, 1.165) is 23.6 Å². The molecule has 110 valence electrons. The second kappa shape index (κ2) is 5.95. The van der Waals surface area contributed by atoms with E-state index in [0.29, 0.717) is 18.9 Å². The van der Waals surface area contributed by atoms with Crippen LogP contribution in [0.1, 0.15) is 24.9 Å². The second-order valence-electron chi connectivity index (χ2n) is 5.18. The molecule has 3 rings (SSSR count). The van der Waals surface area contributed by atoms with Crippen LogP contribution in [0, 0.1) is 0 Å². The molecule has 0 saturated heterocycles. The molecule has 1 aliphatic heterocycles. The van der Waals surface area contributed by atoms with Gasteiger partial charge in [-0.25, -0.2) is 0 Å². The fourth-order valence-corrected chi connectivity index (χ4v) is 2.49. The molecule has 2 aromatic carbocycles. The topological polar surface area (TPSA) is 56.5 Å². The lowest BCUT2D eigenvalue weighted by molar-refractivity contribution is 0.317. The number of hydrogen-bond donors (Lipinski definition) is 2. The van der Waals surface area contributed by atoms with Crippen LogP contribution in [0.15, 0.2) is 42.5 Å². The Labute approximate surface area is 124 Å². The molecule has 4 nitrogen and oxygen atoms in total. The summed E-state index contributed by atoms with van der Waals surface area (Å²) in [6, 6.07) is 14.0. The van der Waals surface area contributed by atoms with Crippen molar-refractivity contribution in [3.63, 3.8) is 0 Å². The minimum atomic E-state index is 0.141. The molecular weight excluding hydrogens is 264 g/mol. The Hall–Kier alpha value is -2.36. The van der Waals surface area contributed by atoms with Gasteiger partial charge >= 0.3 is 0 Å². The number of para-hydroxylation sites is 1. The SMILES string of the molecule is CCCOc1cc(N)cc(NC2COc3ccccc32)c1. The number of hydrogen-bond acceptors (Lipinski definition) is 4. The van der Waals surface area contributed by atoms with Crippen molar-refractivity contribution in [1.29, 1.82) is 0 Å². The first-order chi connectivity index (χ1) is 10.3. The van der Waals surface area contributed by atoms with Gasteiger partial charge < -0.3 is 20.5 Å². The smallest absolute Gasteiger partial charge is 0.124 e. The van der Waals surface area contributed by atoms with Crippen LogP contribution in [0.4, 0.5) is 11.4 Å². The fourth-order valence-electron chi connectivity index (χ4n) is 2.49. The van der Waals surface area contributed by atoms with Crippen molar-refractivity contribution in [2.24, 2.45) is 0 Å². The Morgan fingerprint density at radius 2 is 2.14 bits per heavy atom. The first-order valence-corrected chi connectivity index (χ1v) is 7.28. The summed E-state index contributed by atoms with van der Waals surface area (Å²) in [5.41, 5.74) is 8.77. The lowest BCUT2D eigenvalue weighted by atomic mass is 10.1. The van der Waals surface area contributed by atoms with Crippen LogP contribution in [-0.2, 0) is 0 Å². The van der Waals surface area contributed by atoms with Gasteiger partial charge in [-0.3, -0.25) is 0 Å². The van der Waals surface area contributed by atoms with Crippen LogP contribution >= 0.6 is 0 Å². The molecule has 1 heterocycles. The zero-order valence-electron chi connectivity index (χ0n) is 12.1. The molecule has 0 bridgehead atoms. The van der Waals surface area contributed by atoms with E-state index in [9.17, 15) is 0 Å². The summed E-state index contributed by atoms with van der Waals surface area (Å²) in [6.07, 6.45) is 0.974. The third kappa shape index (κ3) is 3.05. The molecule has 4 heteroatoms. The van der Waals surface area contributed by atoms with Gasteiger partial charge in [-0.15, -0.1) is 0 Å². The van der Waals surface area contributed by atoms with E-state index in [1.54, 1.807) is 0 Å². The van der Waals surface area contributed by atoms with Crippen LogP contribution in [0.5, 0.6) is 11.5 Å². The Morgan fingerprint density at radius 1 is 1.29 bits per heavy atom. The minimum Gasteiger partial charge on any atom is -0.493 e. The van der Waals surface area contributed by atoms with Gasteiger partial charge in [-0.2, -0.15) is 0 Å². The number of nitrogens with one attached hydrogen (secondary N) is 1. The number of nitrogen functional groups attached to an aromatic ring is 1. The molecule has 0 saturated carbocycles. The summed E-state index contributed by atoms with van der Waals surface area (Å²) in [7, 11) is 0. The maximum atomic E-state index is 5.95. The molecule has 0 fully saturated rings. The maximum Gasteiger partial charge on any atom is 0.124 e. The van der Waals surface area contributed by atoms with Crippen LogP contribution in [0.3, 0.4) is 0 Å². The van der Waals surface area contributed by atoms with Crippen LogP contribution in [0.2, 0.25) is 0 Å². The van der Waals surface area contributed by atoms with E-state index in [-0.39, 0.29) is 6.04 Å². The van der Waals surface area contributed by atoms with Crippen molar-refractivity contribution >= 4 is 11.4 Å². The predicted octanol–water partition coefficient (Wildman–Crippen LogP) is 3.60. The van der Waals surface area contributed by atoms with Gasteiger partial charge in [0, 0.05) is 29.1 Å². The molecule has 3 N–H and O–H groups in total. The molecule has 2 aromatic rings. The molecule has 1 aliphatic rings. The average molecular weight is 284 g/mol. The largest absolute Gasteiger partial charge is 0.493 e. The maximum absolute atomic E-state index is 5.95. The highest BCUT2D eigenvalue weighted by Gasteiger charge is 2.23. The summed E-state index contributed by atoms with van der Waals surface area (Å²) in [5.74, 6) is 1.74. The number of ether oxygens (including phenoxy) is 2. The zero-order chi connectivity index (χ0) is 14.7. The first kappa shape index (κ1) is 13.6. The van der Waals surface area contributed by atoms with Crippen molar-refractivity contribution in [2.45, 2.75) is 19.4 Å². The summed E-state index contributed by atoms with van der Waals surface area (Å²) in [4.78, 5) is 0. The van der Waals surface area contributed by atoms with E-state index in [1.807, 2.05) is 36.4 Å². The molecule has 1 atom stereocenters. The number of fused-ring (bicyclic) bond motifs is 1. The van der Waals surface area contributed by atoms with Crippen molar-refractivity contribution in [2.75, 3.05) is 24.3 Å². The molecular formula is C17H20N2O2. The summed E-state index contributed by atoms with van der Waals surface area (Å²) in [5, 5.41) is 3.47. The van der Waals surface area contributed by atoms with Crippen molar-refractivity contribution in [1.82, 2.24) is 0 Å². The van der Waals surface area contributed by atoms with Crippen LogP contribution in [0.25, 0.3) is 0 Å². The summed E-state index contributed by atoms with van der Waals surface area (Å²) < 4.78 is 11.3. The molecule has 0 radical (unpaired) electrons. The molecule has 0 spiro atoms. The number of anilines is 2. The van der Waals surface area contributed by atoms with Gasteiger partial charge in [0.1, 0.15) is 18.1 Å². The van der Waals surface area contributed by atoms with E-state index >= 15 is 0 Å². The third-order valence-corrected chi connectivity index (χ3v) is 3.44. The molecule has 0 amide bonds. The first-order valence-electron chi connectivity index (χ1n) is 7.28. The molecule has 0 aromatic heterocycles. The zero-order valence-corrected chi connectivity index (χ0v) is 12.1. The van der Waals surface area contributed by atoms with Crippen LogP contribution in [-0.4, -0.2) is 13.2 Å². The van der Waals surface area contributed by atoms with Crippen LogP contribution < -0.4 is 20.5 Å². The Bertz CT molecular complexity index is 628. The predicted molar refractivity (Wildman–Crippen MR) is 84.9 cm³/mol. The fraction of sp³-hybridized carbons (Fsp3) is 0.294. The second-order valence-corrected chi connectivity index (χ2v) is 5.18. The molecule has 1 unspecified atom stereocenters. The van der Waals surface area contributed by atoms with Crippen molar-refractivity contribution in [3.05, 3.63) is 48.0 Å². The quantitative estimate of drug-likeness (QED) is 0.824. The van der Waals surface area contributed by atoms with Gasteiger partial charge in [0.15, 0.2) is 0 Å². The van der Waals surface area contributed by atoms with E-state index in [2.05, 4.69) is 18.3 Å². The van der Waals surface area contributed by atoms with Gasteiger partial charge in [-0.05, 0) is 18.6 Å². The summed E-state index contributed by atoms with van der Waals surface area (Å²) >= 11 is 0. The highest BCUT2D eigenvalue weighted by molar-refractivity contribution is 5.60. The Kier molecular flexibility index (Phi) is 3.86.